The maximum Gasteiger partial charge on any atom is 0.233 e. The second-order valence-corrected chi connectivity index (χ2v) is 4.43. The van der Waals surface area contributed by atoms with Crippen molar-refractivity contribution >= 4 is 17.2 Å². The number of hydrogen-bond donors (Lipinski definition) is 1. The van der Waals surface area contributed by atoms with E-state index >= 15 is 0 Å². The van der Waals surface area contributed by atoms with Crippen molar-refractivity contribution in [2.24, 2.45) is 0 Å². The standard InChI is InChI=1S/C16H12NO/c1-11-8-15-9-14(6-7-16(15)17-11)13-4-2-12(10-18)3-5-13/h2-9,17H,1H3. The molecule has 1 aromatic heterocycles. The molecular formula is C16H12NO. The van der Waals surface area contributed by atoms with Crippen LogP contribution in [0.1, 0.15) is 11.3 Å². The van der Waals surface area contributed by atoms with Crippen LogP contribution in [-0.2, 0) is 4.79 Å². The first kappa shape index (κ1) is 10.8. The first-order valence-corrected chi connectivity index (χ1v) is 5.84. The van der Waals surface area contributed by atoms with E-state index < -0.39 is 0 Å². The number of aromatic amines is 1. The Morgan fingerprint density at radius 1 is 0.944 bits per heavy atom. The second kappa shape index (κ2) is 4.15. The van der Waals surface area contributed by atoms with Crippen LogP contribution < -0.4 is 0 Å². The molecule has 0 aliphatic heterocycles. The Bertz CT molecular complexity index is 708. The summed E-state index contributed by atoms with van der Waals surface area (Å²) in [5, 5.41) is 1.20. The lowest BCUT2D eigenvalue weighted by Gasteiger charge is -2.02. The highest BCUT2D eigenvalue weighted by Gasteiger charge is 2.02. The van der Waals surface area contributed by atoms with E-state index in [-0.39, 0.29) is 0 Å². The van der Waals surface area contributed by atoms with Crippen molar-refractivity contribution in [1.82, 2.24) is 4.98 Å². The predicted molar refractivity (Wildman–Crippen MR) is 73.3 cm³/mol. The van der Waals surface area contributed by atoms with Crippen molar-refractivity contribution in [2.45, 2.75) is 6.92 Å². The smallest absolute Gasteiger partial charge is 0.233 e. The number of benzene rings is 2. The molecule has 0 amide bonds. The molecule has 2 nitrogen and oxygen atoms in total. The van der Waals surface area contributed by atoms with E-state index in [1.54, 1.807) is 12.1 Å². The Labute approximate surface area is 105 Å². The lowest BCUT2D eigenvalue weighted by atomic mass is 10.0. The third kappa shape index (κ3) is 1.82. The maximum atomic E-state index is 10.5. The van der Waals surface area contributed by atoms with Gasteiger partial charge in [0.25, 0.3) is 0 Å². The van der Waals surface area contributed by atoms with Crippen molar-refractivity contribution in [1.29, 1.82) is 0 Å². The summed E-state index contributed by atoms with van der Waals surface area (Å²) in [5.74, 6) is 0. The topological polar surface area (TPSA) is 32.9 Å². The minimum Gasteiger partial charge on any atom is -0.359 e. The van der Waals surface area contributed by atoms with E-state index in [4.69, 9.17) is 0 Å². The molecular weight excluding hydrogens is 222 g/mol. The number of H-pyrrole nitrogens is 1. The van der Waals surface area contributed by atoms with Gasteiger partial charge in [0.05, 0.1) is 0 Å². The number of rotatable bonds is 2. The minimum atomic E-state index is 0.581. The van der Waals surface area contributed by atoms with Crippen LogP contribution in [0.25, 0.3) is 22.0 Å². The monoisotopic (exact) mass is 234 g/mol. The quantitative estimate of drug-likeness (QED) is 0.722. The number of fused-ring (bicyclic) bond motifs is 1. The summed E-state index contributed by atoms with van der Waals surface area (Å²) < 4.78 is 0. The average molecular weight is 234 g/mol. The summed E-state index contributed by atoms with van der Waals surface area (Å²) >= 11 is 0. The van der Waals surface area contributed by atoms with E-state index in [1.165, 1.54) is 5.39 Å². The van der Waals surface area contributed by atoms with Crippen molar-refractivity contribution in [3.63, 3.8) is 0 Å². The zero-order chi connectivity index (χ0) is 12.5. The summed E-state index contributed by atoms with van der Waals surface area (Å²) in [6.45, 7) is 2.05. The normalized spacial score (nSPS) is 10.7. The summed E-state index contributed by atoms with van der Waals surface area (Å²) in [4.78, 5) is 13.8. The van der Waals surface area contributed by atoms with Gasteiger partial charge in [-0.1, -0.05) is 30.3 Å². The molecule has 2 heteroatoms. The zero-order valence-electron chi connectivity index (χ0n) is 10.0. The van der Waals surface area contributed by atoms with Crippen LogP contribution in [0.2, 0.25) is 0 Å². The summed E-state index contributed by atoms with van der Waals surface area (Å²) in [5.41, 5.74) is 5.15. The summed E-state index contributed by atoms with van der Waals surface area (Å²) in [6.07, 6.45) is 1.88. The number of nitrogens with one attached hydrogen (secondary N) is 1. The highest BCUT2D eigenvalue weighted by molar-refractivity contribution is 5.86. The van der Waals surface area contributed by atoms with Crippen LogP contribution in [0, 0.1) is 6.92 Å². The fraction of sp³-hybridized carbons (Fsp3) is 0.0625. The SMILES string of the molecule is Cc1cc2cc(-c3ccc([C]=O)cc3)ccc2[nH]1. The first-order chi connectivity index (χ1) is 8.76. The molecule has 0 fully saturated rings. The molecule has 18 heavy (non-hydrogen) atoms. The van der Waals surface area contributed by atoms with Crippen LogP contribution in [0.3, 0.4) is 0 Å². The van der Waals surface area contributed by atoms with E-state index in [0.29, 0.717) is 5.56 Å². The number of aryl methyl sites for hydroxylation is 1. The van der Waals surface area contributed by atoms with Gasteiger partial charge >= 0.3 is 0 Å². The molecule has 1 N–H and O–H groups in total. The van der Waals surface area contributed by atoms with Crippen LogP contribution in [0.4, 0.5) is 0 Å². The molecule has 0 saturated carbocycles. The Morgan fingerprint density at radius 2 is 1.67 bits per heavy atom. The molecule has 0 aliphatic carbocycles. The molecule has 3 aromatic rings. The van der Waals surface area contributed by atoms with Gasteiger partial charge in [-0.15, -0.1) is 0 Å². The first-order valence-electron chi connectivity index (χ1n) is 5.84. The van der Waals surface area contributed by atoms with Crippen molar-refractivity contribution in [3.8, 4) is 11.1 Å². The minimum absolute atomic E-state index is 0.581. The third-order valence-electron chi connectivity index (χ3n) is 3.09. The molecule has 0 atom stereocenters. The second-order valence-electron chi connectivity index (χ2n) is 4.43. The average Bonchev–Trinajstić information content (AvgIpc) is 2.78. The van der Waals surface area contributed by atoms with Gasteiger partial charge in [0.15, 0.2) is 0 Å². The van der Waals surface area contributed by atoms with Gasteiger partial charge in [-0.05, 0) is 36.2 Å². The number of carbonyl (C=O) groups excluding carboxylic acids is 1. The van der Waals surface area contributed by atoms with Gasteiger partial charge in [0.2, 0.25) is 6.29 Å². The molecule has 0 bridgehead atoms. The lowest BCUT2D eigenvalue weighted by molar-refractivity contribution is 0.563. The van der Waals surface area contributed by atoms with Gasteiger partial charge in [0.1, 0.15) is 0 Å². The van der Waals surface area contributed by atoms with E-state index in [0.717, 1.165) is 22.3 Å². The lowest BCUT2D eigenvalue weighted by Crippen LogP contribution is -1.81. The highest BCUT2D eigenvalue weighted by atomic mass is 16.1. The Morgan fingerprint density at radius 3 is 2.39 bits per heavy atom. The number of hydrogen-bond acceptors (Lipinski definition) is 1. The fourth-order valence-electron chi connectivity index (χ4n) is 2.19. The van der Waals surface area contributed by atoms with Gasteiger partial charge < -0.3 is 4.98 Å². The van der Waals surface area contributed by atoms with Crippen LogP contribution in [-0.4, -0.2) is 11.3 Å². The molecule has 1 heterocycles. The molecule has 2 aromatic carbocycles. The number of aromatic nitrogens is 1. The third-order valence-corrected chi connectivity index (χ3v) is 3.09. The van der Waals surface area contributed by atoms with Gasteiger partial charge in [-0.25, -0.2) is 0 Å². The van der Waals surface area contributed by atoms with E-state index in [2.05, 4.69) is 29.2 Å². The van der Waals surface area contributed by atoms with Gasteiger partial charge in [-0.3, -0.25) is 4.79 Å². The van der Waals surface area contributed by atoms with Gasteiger partial charge in [0, 0.05) is 22.2 Å². The Hall–Kier alpha value is -2.35. The molecule has 0 saturated heterocycles. The van der Waals surface area contributed by atoms with E-state index in [1.807, 2.05) is 25.3 Å². The van der Waals surface area contributed by atoms with E-state index in [9.17, 15) is 4.79 Å². The molecule has 87 valence electrons. The maximum absolute atomic E-state index is 10.5. The van der Waals surface area contributed by atoms with Crippen molar-refractivity contribution < 1.29 is 4.79 Å². The molecule has 0 unspecified atom stereocenters. The summed E-state index contributed by atoms with van der Waals surface area (Å²) in [7, 11) is 0. The zero-order valence-corrected chi connectivity index (χ0v) is 10.0. The van der Waals surface area contributed by atoms with Crippen LogP contribution in [0.5, 0.6) is 0 Å². The van der Waals surface area contributed by atoms with Gasteiger partial charge in [-0.2, -0.15) is 0 Å². The fourth-order valence-corrected chi connectivity index (χ4v) is 2.19. The van der Waals surface area contributed by atoms with Crippen LogP contribution in [0.15, 0.2) is 48.5 Å². The molecule has 0 aliphatic rings. The summed E-state index contributed by atoms with van der Waals surface area (Å²) in [6, 6.07) is 15.9. The Kier molecular flexibility index (Phi) is 2.49. The molecule has 1 radical (unpaired) electrons. The molecule has 3 rings (SSSR count). The predicted octanol–water partition coefficient (Wildman–Crippen LogP) is 3.60. The highest BCUT2D eigenvalue weighted by Crippen LogP contribution is 2.24. The Balaban J connectivity index is 2.09. The largest absolute Gasteiger partial charge is 0.359 e. The molecule has 0 spiro atoms. The van der Waals surface area contributed by atoms with Crippen LogP contribution >= 0.6 is 0 Å². The van der Waals surface area contributed by atoms with Crippen molar-refractivity contribution in [2.75, 3.05) is 0 Å². The van der Waals surface area contributed by atoms with Crippen molar-refractivity contribution in [3.05, 3.63) is 59.8 Å².